The van der Waals surface area contributed by atoms with E-state index in [4.69, 9.17) is 9.72 Å². The third-order valence-electron chi connectivity index (χ3n) is 7.34. The molecule has 7 heteroatoms. The van der Waals surface area contributed by atoms with Gasteiger partial charge in [0.2, 0.25) is 5.91 Å². The fraction of sp³-hybridized carbons (Fsp3) is 0.441. The highest BCUT2D eigenvalue weighted by atomic mass is 16.5. The largest absolute Gasteiger partial charge is 0.495 e. The van der Waals surface area contributed by atoms with Crippen LogP contribution in [0.2, 0.25) is 0 Å². The Morgan fingerprint density at radius 2 is 1.88 bits per heavy atom. The van der Waals surface area contributed by atoms with E-state index in [0.717, 1.165) is 48.6 Å². The van der Waals surface area contributed by atoms with Crippen molar-refractivity contribution in [2.45, 2.75) is 85.6 Å². The minimum absolute atomic E-state index is 0.0207. The van der Waals surface area contributed by atoms with Crippen LogP contribution in [0.4, 0.5) is 5.69 Å². The zero-order valence-electron chi connectivity index (χ0n) is 26.0. The molecule has 1 heterocycles. The van der Waals surface area contributed by atoms with Gasteiger partial charge in [-0.05, 0) is 68.7 Å². The molecular formula is C34H48N4O3. The minimum atomic E-state index is -0.264. The van der Waals surface area contributed by atoms with Gasteiger partial charge < -0.3 is 19.9 Å². The summed E-state index contributed by atoms with van der Waals surface area (Å²) < 4.78 is 7.50. The molecule has 3 fully saturated rings. The molecular weight excluding hydrogens is 512 g/mol. The zero-order valence-corrected chi connectivity index (χ0v) is 26.0. The second-order valence-corrected chi connectivity index (χ2v) is 9.81. The molecule has 7 nitrogen and oxygen atoms in total. The molecule has 0 unspecified atom stereocenters. The van der Waals surface area contributed by atoms with Gasteiger partial charge in [0.1, 0.15) is 17.1 Å². The first-order valence-electron chi connectivity index (χ1n) is 14.8. The fourth-order valence-electron chi connectivity index (χ4n) is 5.24. The van der Waals surface area contributed by atoms with Gasteiger partial charge in [0.05, 0.1) is 24.8 Å². The summed E-state index contributed by atoms with van der Waals surface area (Å²) in [6.45, 7) is 19.5. The van der Waals surface area contributed by atoms with Gasteiger partial charge in [-0.2, -0.15) is 0 Å². The van der Waals surface area contributed by atoms with Crippen LogP contribution in [0.3, 0.4) is 0 Å². The number of carbonyl (C=O) groups is 2. The molecule has 2 bridgehead atoms. The first-order valence-corrected chi connectivity index (χ1v) is 14.8. The number of allylic oxidation sites excluding steroid dienone is 2. The Labute approximate surface area is 246 Å². The number of ether oxygens (including phenoxy) is 1. The third kappa shape index (κ3) is 7.66. The number of amides is 1. The number of rotatable bonds is 13. The van der Waals surface area contributed by atoms with E-state index < -0.39 is 0 Å². The summed E-state index contributed by atoms with van der Waals surface area (Å²) in [6.07, 6.45) is 12.0. The molecule has 222 valence electrons. The Hall–Kier alpha value is -3.87. The summed E-state index contributed by atoms with van der Waals surface area (Å²) in [5, 5.41) is 6.18. The maximum atomic E-state index is 13.8. The maximum absolute atomic E-state index is 13.8. The normalized spacial score (nSPS) is 18.7. The van der Waals surface area contributed by atoms with E-state index in [1.165, 1.54) is 6.08 Å². The fourth-order valence-corrected chi connectivity index (χ4v) is 5.24. The summed E-state index contributed by atoms with van der Waals surface area (Å²) in [5.41, 5.74) is 4.48. The zero-order chi connectivity index (χ0) is 30.6. The predicted molar refractivity (Wildman–Crippen MR) is 169 cm³/mol. The van der Waals surface area contributed by atoms with E-state index in [1.807, 2.05) is 84.3 Å². The van der Waals surface area contributed by atoms with E-state index in [9.17, 15) is 9.59 Å². The van der Waals surface area contributed by atoms with Crippen molar-refractivity contribution in [1.29, 1.82) is 0 Å². The smallest absolute Gasteiger partial charge is 0.247 e. The summed E-state index contributed by atoms with van der Waals surface area (Å²) in [4.78, 5) is 30.2. The van der Waals surface area contributed by atoms with Crippen molar-refractivity contribution in [2.24, 2.45) is 5.92 Å². The quantitative estimate of drug-likeness (QED) is 0.113. The summed E-state index contributed by atoms with van der Waals surface area (Å²) in [5.74, 6) is 1.08. The van der Waals surface area contributed by atoms with Gasteiger partial charge in [-0.15, -0.1) is 0 Å². The number of ketones is 1. The summed E-state index contributed by atoms with van der Waals surface area (Å²) in [6, 6.07) is 7.56. The molecule has 3 saturated carbocycles. The van der Waals surface area contributed by atoms with Crippen LogP contribution < -0.4 is 10.6 Å². The molecule has 0 saturated heterocycles. The number of hydrogen-bond donors (Lipinski definition) is 2. The molecule has 1 aromatic heterocycles. The molecule has 2 aromatic rings. The highest BCUT2D eigenvalue weighted by Gasteiger charge is 2.59. The number of aryl methyl sites for hydroxylation is 1. The Bertz CT molecular complexity index is 1270. The lowest BCUT2D eigenvalue weighted by atomic mass is 9.49. The Kier molecular flexibility index (Phi) is 12.8. The van der Waals surface area contributed by atoms with Crippen molar-refractivity contribution in [3.05, 3.63) is 90.4 Å². The van der Waals surface area contributed by atoms with E-state index in [0.29, 0.717) is 35.7 Å². The second kappa shape index (κ2) is 15.8. The molecule has 5 rings (SSSR count). The van der Waals surface area contributed by atoms with Crippen LogP contribution in [0.25, 0.3) is 5.70 Å². The molecule has 1 aromatic carbocycles. The van der Waals surface area contributed by atoms with Gasteiger partial charge in [-0.1, -0.05) is 72.1 Å². The highest BCUT2D eigenvalue weighted by molar-refractivity contribution is 5.99. The van der Waals surface area contributed by atoms with Crippen molar-refractivity contribution in [1.82, 2.24) is 14.9 Å². The number of benzene rings is 1. The molecule has 3 aliphatic carbocycles. The number of nitrogens with zero attached hydrogens (tertiary/aromatic N) is 2. The van der Waals surface area contributed by atoms with Crippen molar-refractivity contribution < 1.29 is 14.3 Å². The van der Waals surface area contributed by atoms with E-state index in [1.54, 1.807) is 7.11 Å². The summed E-state index contributed by atoms with van der Waals surface area (Å²) in [7, 11) is 1.59. The lowest BCUT2D eigenvalue weighted by molar-refractivity contribution is -0.111. The molecule has 1 amide bonds. The van der Waals surface area contributed by atoms with Gasteiger partial charge in [0.25, 0.3) is 0 Å². The van der Waals surface area contributed by atoms with Gasteiger partial charge in [-0.3, -0.25) is 9.59 Å². The van der Waals surface area contributed by atoms with E-state index >= 15 is 0 Å². The third-order valence-corrected chi connectivity index (χ3v) is 7.34. The standard InChI is InChI=1S/C30H36N4O3.2C2H6/c1-6-10-25(20(4)37-5)33-24(7-2)28-29(34(19-31-28)30-16-22(17-30)18-30)26(35)14-13-21-11-9-12-23(15-21)32-27(36)8-3;2*1-2/h7-12,15,19,22,33H,3-4,6,13-14,16-18H2,1-2,5H3,(H,32,36);2*1-2H3/b24-7+,25-10+;;. The Morgan fingerprint density at radius 1 is 1.20 bits per heavy atom. The maximum Gasteiger partial charge on any atom is 0.247 e. The van der Waals surface area contributed by atoms with Crippen LogP contribution in [0, 0.1) is 5.92 Å². The van der Waals surface area contributed by atoms with Crippen LogP contribution in [-0.2, 0) is 21.5 Å². The second-order valence-electron chi connectivity index (χ2n) is 9.81. The van der Waals surface area contributed by atoms with Crippen LogP contribution >= 0.6 is 0 Å². The molecule has 0 radical (unpaired) electrons. The van der Waals surface area contributed by atoms with Gasteiger partial charge in [-0.25, -0.2) is 4.98 Å². The molecule has 0 atom stereocenters. The number of anilines is 1. The van der Waals surface area contributed by atoms with Gasteiger partial charge in [0.15, 0.2) is 5.78 Å². The number of nitrogens with one attached hydrogen (secondary N) is 2. The number of methoxy groups -OCH3 is 1. The van der Waals surface area contributed by atoms with Crippen LogP contribution in [0.1, 0.15) is 95.4 Å². The number of aromatic nitrogens is 2. The van der Waals surface area contributed by atoms with Crippen LogP contribution in [-0.4, -0.2) is 28.4 Å². The molecule has 0 aliphatic heterocycles. The minimum Gasteiger partial charge on any atom is -0.495 e. The topological polar surface area (TPSA) is 85.2 Å². The van der Waals surface area contributed by atoms with Crippen molar-refractivity contribution >= 4 is 23.1 Å². The SMILES string of the molecule is C=CC(=O)Nc1cccc(CCC(=O)c2c(/C(=C\C)N/C(=C/CC)C(=C)OC)ncn2C23CC(C2)C3)c1.CC.CC. The average molecular weight is 561 g/mol. The van der Waals surface area contributed by atoms with Gasteiger partial charge >= 0.3 is 0 Å². The average Bonchev–Trinajstić information content (AvgIpc) is 3.38. The van der Waals surface area contributed by atoms with E-state index in [2.05, 4.69) is 28.4 Å². The molecule has 0 spiro atoms. The summed E-state index contributed by atoms with van der Waals surface area (Å²) >= 11 is 0. The Morgan fingerprint density at radius 3 is 2.41 bits per heavy atom. The molecule has 2 N–H and O–H groups in total. The highest BCUT2D eigenvalue weighted by Crippen LogP contribution is 2.62. The van der Waals surface area contributed by atoms with Crippen LogP contribution in [0.15, 0.2) is 73.4 Å². The number of Topliss-reactive ketones (excluding diaryl/α,β-unsaturated/α-hetero) is 1. The van der Waals surface area contributed by atoms with Crippen LogP contribution in [0.5, 0.6) is 0 Å². The first kappa shape index (κ1) is 33.3. The lowest BCUT2D eigenvalue weighted by Crippen LogP contribution is -2.59. The molecule has 3 aliphatic rings. The number of carbonyl (C=O) groups excluding carboxylic acids is 2. The van der Waals surface area contributed by atoms with Gasteiger partial charge in [0, 0.05) is 17.6 Å². The number of hydrogen-bond acceptors (Lipinski definition) is 5. The number of imidazole rings is 1. The predicted octanol–water partition coefficient (Wildman–Crippen LogP) is 7.79. The monoisotopic (exact) mass is 560 g/mol. The Balaban J connectivity index is 0.00000141. The van der Waals surface area contributed by atoms with Crippen molar-refractivity contribution in [2.75, 3.05) is 12.4 Å². The van der Waals surface area contributed by atoms with E-state index in [-0.39, 0.29) is 17.2 Å². The molecule has 41 heavy (non-hydrogen) atoms. The first-order chi connectivity index (χ1) is 19.8. The van der Waals surface area contributed by atoms with Crippen molar-refractivity contribution in [3.63, 3.8) is 0 Å². The lowest BCUT2D eigenvalue weighted by Gasteiger charge is -2.62. The van der Waals surface area contributed by atoms with Crippen molar-refractivity contribution in [3.8, 4) is 0 Å².